The van der Waals surface area contributed by atoms with Gasteiger partial charge in [0, 0.05) is 35.4 Å². The van der Waals surface area contributed by atoms with Gasteiger partial charge < -0.3 is 10.5 Å². The van der Waals surface area contributed by atoms with E-state index < -0.39 is 0 Å². The first-order valence-corrected chi connectivity index (χ1v) is 5.82. The number of nitrogens with two attached hydrogens (primary N) is 1. The lowest BCUT2D eigenvalue weighted by Gasteiger charge is -2.08. The molecule has 0 fully saturated rings. The fraction of sp³-hybridized carbons (Fsp3) is 0.154. The van der Waals surface area contributed by atoms with Crippen LogP contribution in [0.3, 0.4) is 0 Å². The Morgan fingerprint density at radius 1 is 1.21 bits per heavy atom. The highest BCUT2D eigenvalue weighted by Crippen LogP contribution is 2.32. The van der Waals surface area contributed by atoms with Gasteiger partial charge in [-0.3, -0.25) is 9.67 Å². The van der Waals surface area contributed by atoms with Gasteiger partial charge in [-0.05, 0) is 25.1 Å². The summed E-state index contributed by atoms with van der Waals surface area (Å²) in [5.41, 5.74) is 7.51. The highest BCUT2D eigenvalue weighted by Gasteiger charge is 2.09. The van der Waals surface area contributed by atoms with Crippen molar-refractivity contribution in [1.29, 1.82) is 0 Å². The van der Waals surface area contributed by atoms with Crippen LogP contribution in [0.5, 0.6) is 11.8 Å². The highest BCUT2D eigenvalue weighted by atomic mass is 16.5. The highest BCUT2D eigenvalue weighted by molar-refractivity contribution is 5.96. The van der Waals surface area contributed by atoms with Crippen molar-refractivity contribution >= 4 is 16.5 Å². The Balaban J connectivity index is 2.13. The van der Waals surface area contributed by atoms with Crippen molar-refractivity contribution in [2.45, 2.75) is 6.92 Å². The van der Waals surface area contributed by atoms with Gasteiger partial charge in [0.25, 0.3) is 0 Å². The second kappa shape index (κ2) is 4.24. The van der Waals surface area contributed by atoms with Gasteiger partial charge >= 0.3 is 6.01 Å². The van der Waals surface area contributed by atoms with Crippen LogP contribution in [0.1, 0.15) is 5.69 Å². The van der Waals surface area contributed by atoms with Crippen molar-refractivity contribution in [1.82, 2.24) is 19.7 Å². The Morgan fingerprint density at radius 2 is 2.05 bits per heavy atom. The summed E-state index contributed by atoms with van der Waals surface area (Å²) >= 11 is 0. The number of ether oxygens (including phenoxy) is 1. The monoisotopic (exact) mass is 255 g/mol. The lowest BCUT2D eigenvalue weighted by atomic mass is 10.1. The number of hydrogen-bond acceptors (Lipinski definition) is 5. The van der Waals surface area contributed by atoms with Crippen LogP contribution in [-0.4, -0.2) is 19.7 Å². The van der Waals surface area contributed by atoms with E-state index in [1.165, 1.54) is 0 Å². The van der Waals surface area contributed by atoms with Gasteiger partial charge in [-0.25, -0.2) is 0 Å². The molecule has 0 aliphatic carbocycles. The van der Waals surface area contributed by atoms with Crippen LogP contribution in [-0.2, 0) is 7.05 Å². The maximum absolute atomic E-state index is 5.94. The second-order valence-electron chi connectivity index (χ2n) is 4.33. The van der Waals surface area contributed by atoms with Gasteiger partial charge in [-0.15, -0.1) is 5.10 Å². The molecule has 0 aliphatic heterocycles. The molecule has 6 nitrogen and oxygen atoms in total. The molecule has 0 spiro atoms. The molecule has 19 heavy (non-hydrogen) atoms. The third-order valence-electron chi connectivity index (χ3n) is 2.81. The molecule has 6 heteroatoms. The van der Waals surface area contributed by atoms with Gasteiger partial charge in [0.2, 0.25) is 0 Å². The van der Waals surface area contributed by atoms with Gasteiger partial charge in [-0.1, -0.05) is 0 Å². The van der Waals surface area contributed by atoms with Crippen LogP contribution < -0.4 is 10.5 Å². The number of aromatic nitrogens is 4. The van der Waals surface area contributed by atoms with Crippen molar-refractivity contribution in [3.63, 3.8) is 0 Å². The Bertz CT molecular complexity index is 750. The van der Waals surface area contributed by atoms with Crippen LogP contribution in [0.15, 0.2) is 30.7 Å². The molecule has 0 atom stereocenters. The summed E-state index contributed by atoms with van der Waals surface area (Å²) in [4.78, 5) is 8.29. The number of rotatable bonds is 2. The molecule has 0 radical (unpaired) electrons. The molecule has 2 heterocycles. The van der Waals surface area contributed by atoms with Crippen molar-refractivity contribution < 1.29 is 4.74 Å². The quantitative estimate of drug-likeness (QED) is 0.709. The lowest BCUT2D eigenvalue weighted by Crippen LogP contribution is -1.94. The fourth-order valence-corrected chi connectivity index (χ4v) is 1.89. The maximum atomic E-state index is 5.94. The molecule has 3 aromatic rings. The molecule has 0 amide bonds. The van der Waals surface area contributed by atoms with Crippen LogP contribution in [0, 0.1) is 6.92 Å². The van der Waals surface area contributed by atoms with Crippen LogP contribution in [0.25, 0.3) is 10.8 Å². The summed E-state index contributed by atoms with van der Waals surface area (Å²) in [6.45, 7) is 1.92. The second-order valence-corrected chi connectivity index (χ2v) is 4.33. The average Bonchev–Trinajstić information content (AvgIpc) is 2.78. The summed E-state index contributed by atoms with van der Waals surface area (Å²) in [6.07, 6.45) is 3.33. The van der Waals surface area contributed by atoms with E-state index in [1.54, 1.807) is 30.3 Å². The third kappa shape index (κ3) is 2.08. The largest absolute Gasteiger partial charge is 0.423 e. The molecule has 3 rings (SSSR count). The predicted octanol–water partition coefficient (Wildman–Crippen LogP) is 2.05. The van der Waals surface area contributed by atoms with Crippen LogP contribution >= 0.6 is 0 Å². The number of hydrogen-bond donors (Lipinski definition) is 1. The lowest BCUT2D eigenvalue weighted by molar-refractivity contribution is 0.443. The molecular formula is C13H13N5O. The molecule has 2 aromatic heterocycles. The van der Waals surface area contributed by atoms with Crippen LogP contribution in [0.2, 0.25) is 0 Å². The van der Waals surface area contributed by atoms with E-state index in [4.69, 9.17) is 10.5 Å². The molecule has 0 saturated heterocycles. The van der Waals surface area contributed by atoms with Crippen molar-refractivity contribution in [2.24, 2.45) is 7.05 Å². The van der Waals surface area contributed by atoms with Gasteiger partial charge in [0.1, 0.15) is 12.1 Å². The normalized spacial score (nSPS) is 10.8. The fourth-order valence-electron chi connectivity index (χ4n) is 1.89. The molecule has 0 saturated carbocycles. The van der Waals surface area contributed by atoms with Gasteiger partial charge in [-0.2, -0.15) is 4.98 Å². The smallest absolute Gasteiger partial charge is 0.340 e. The van der Waals surface area contributed by atoms with E-state index in [-0.39, 0.29) is 0 Å². The van der Waals surface area contributed by atoms with E-state index in [0.717, 1.165) is 16.5 Å². The maximum Gasteiger partial charge on any atom is 0.340 e. The van der Waals surface area contributed by atoms with Crippen molar-refractivity contribution in [3.8, 4) is 11.8 Å². The molecule has 0 aliphatic rings. The number of benzene rings is 1. The summed E-state index contributed by atoms with van der Waals surface area (Å²) in [5.74, 6) is 0.668. The molecule has 1 aromatic carbocycles. The number of aryl methyl sites for hydroxylation is 2. The molecule has 0 bridgehead atoms. The minimum Gasteiger partial charge on any atom is -0.423 e. The van der Waals surface area contributed by atoms with E-state index in [1.807, 2.05) is 19.1 Å². The van der Waals surface area contributed by atoms with E-state index in [0.29, 0.717) is 17.4 Å². The molecule has 96 valence electrons. The minimum atomic E-state index is 0.308. The standard InChI is InChI=1S/C13H13N5O/c1-8-5-9-10(6-15-8)11(14)3-4-12(9)19-13-16-7-18(2)17-13/h3-7H,14H2,1-2H3. The van der Waals surface area contributed by atoms with E-state index in [2.05, 4.69) is 15.1 Å². The Kier molecular flexibility index (Phi) is 2.56. The number of nitrogen functional groups attached to an aromatic ring is 1. The van der Waals surface area contributed by atoms with Gasteiger partial charge in [0.15, 0.2) is 0 Å². The zero-order valence-electron chi connectivity index (χ0n) is 10.7. The molecular weight excluding hydrogens is 242 g/mol. The Morgan fingerprint density at radius 3 is 2.79 bits per heavy atom. The topological polar surface area (TPSA) is 78.8 Å². The number of pyridine rings is 1. The van der Waals surface area contributed by atoms with Crippen molar-refractivity contribution in [2.75, 3.05) is 5.73 Å². The summed E-state index contributed by atoms with van der Waals surface area (Å²) in [6, 6.07) is 5.85. The first kappa shape index (κ1) is 11.5. The number of fused-ring (bicyclic) bond motifs is 1. The zero-order valence-corrected chi connectivity index (χ0v) is 10.7. The third-order valence-corrected chi connectivity index (χ3v) is 2.81. The Labute approximate surface area is 109 Å². The Hall–Kier alpha value is -2.63. The molecule has 2 N–H and O–H groups in total. The first-order valence-electron chi connectivity index (χ1n) is 5.82. The predicted molar refractivity (Wildman–Crippen MR) is 72.0 cm³/mol. The average molecular weight is 255 g/mol. The summed E-state index contributed by atoms with van der Waals surface area (Å²) < 4.78 is 7.28. The summed E-state index contributed by atoms with van der Waals surface area (Å²) in [7, 11) is 1.79. The first-order chi connectivity index (χ1) is 9.13. The minimum absolute atomic E-state index is 0.308. The SMILES string of the molecule is Cc1cc2c(Oc3ncn(C)n3)ccc(N)c2cn1. The number of nitrogens with zero attached hydrogens (tertiary/aromatic N) is 4. The molecule has 0 unspecified atom stereocenters. The zero-order chi connectivity index (χ0) is 13.4. The number of anilines is 1. The van der Waals surface area contributed by atoms with E-state index in [9.17, 15) is 0 Å². The van der Waals surface area contributed by atoms with Crippen molar-refractivity contribution in [3.05, 3.63) is 36.4 Å². The summed E-state index contributed by atoms with van der Waals surface area (Å²) in [5, 5.41) is 5.86. The van der Waals surface area contributed by atoms with Crippen LogP contribution in [0.4, 0.5) is 5.69 Å². The van der Waals surface area contributed by atoms with Gasteiger partial charge in [0.05, 0.1) is 0 Å². The van der Waals surface area contributed by atoms with E-state index >= 15 is 0 Å².